The molecule has 6 nitrogen and oxygen atoms in total. The lowest BCUT2D eigenvalue weighted by atomic mass is 10.2. The number of aromatic nitrogens is 2. The number of thiophene rings is 1. The van der Waals surface area contributed by atoms with E-state index in [2.05, 4.69) is 20.6 Å². The molecule has 0 aliphatic heterocycles. The number of amides is 1. The van der Waals surface area contributed by atoms with Crippen molar-refractivity contribution in [2.75, 3.05) is 5.32 Å². The van der Waals surface area contributed by atoms with Crippen molar-refractivity contribution < 1.29 is 9.53 Å². The summed E-state index contributed by atoms with van der Waals surface area (Å²) in [7, 11) is 0. The monoisotopic (exact) mass is 364 g/mol. The van der Waals surface area contributed by atoms with Crippen molar-refractivity contribution in [1.82, 2.24) is 15.3 Å². The molecular weight excluding hydrogens is 348 g/mol. The third kappa shape index (κ3) is 3.52. The summed E-state index contributed by atoms with van der Waals surface area (Å²) in [4.78, 5) is 19.4. The number of H-pyrrole nitrogens is 1. The van der Waals surface area contributed by atoms with Crippen molar-refractivity contribution in [3.63, 3.8) is 0 Å². The molecule has 0 fully saturated rings. The molecule has 0 atom stereocenters. The lowest BCUT2D eigenvalue weighted by molar-refractivity contribution is 0.200. The van der Waals surface area contributed by atoms with Crippen LogP contribution in [-0.2, 0) is 6.54 Å². The van der Waals surface area contributed by atoms with Gasteiger partial charge in [-0.25, -0.2) is 9.78 Å². The van der Waals surface area contributed by atoms with E-state index < -0.39 is 6.09 Å². The van der Waals surface area contributed by atoms with Gasteiger partial charge in [-0.2, -0.15) is 0 Å². The van der Waals surface area contributed by atoms with Crippen LogP contribution in [0.15, 0.2) is 66.3 Å². The number of nitrogens with one attached hydrogen (secondary N) is 3. The predicted octanol–water partition coefficient (Wildman–Crippen LogP) is 4.66. The van der Waals surface area contributed by atoms with E-state index in [4.69, 9.17) is 4.74 Å². The first-order chi connectivity index (χ1) is 12.8. The summed E-state index contributed by atoms with van der Waals surface area (Å²) in [6.45, 7) is 0.418. The van der Waals surface area contributed by atoms with Gasteiger partial charge in [0.1, 0.15) is 10.6 Å². The molecule has 130 valence electrons. The number of benzene rings is 1. The van der Waals surface area contributed by atoms with Crippen LogP contribution in [0.1, 0.15) is 5.56 Å². The third-order valence-corrected chi connectivity index (χ3v) is 4.63. The van der Waals surface area contributed by atoms with Crippen LogP contribution in [0.5, 0.6) is 5.75 Å². The molecule has 4 rings (SSSR count). The Balaban J connectivity index is 1.43. The minimum atomic E-state index is -0.489. The van der Waals surface area contributed by atoms with E-state index in [1.54, 1.807) is 12.3 Å². The van der Waals surface area contributed by atoms with Crippen LogP contribution in [0, 0.1) is 0 Å². The van der Waals surface area contributed by atoms with Crippen molar-refractivity contribution in [2.45, 2.75) is 6.54 Å². The highest BCUT2D eigenvalue weighted by Gasteiger charge is 2.12. The van der Waals surface area contributed by atoms with Crippen molar-refractivity contribution in [3.8, 4) is 5.75 Å². The van der Waals surface area contributed by atoms with E-state index in [-0.39, 0.29) is 0 Å². The number of fused-ring (bicyclic) bond motifs is 1. The largest absolute Gasteiger partial charge is 0.412 e. The highest BCUT2D eigenvalue weighted by molar-refractivity contribution is 7.14. The highest BCUT2D eigenvalue weighted by Crippen LogP contribution is 2.35. The van der Waals surface area contributed by atoms with Gasteiger partial charge in [-0.1, -0.05) is 30.3 Å². The zero-order chi connectivity index (χ0) is 17.8. The molecule has 3 heterocycles. The summed E-state index contributed by atoms with van der Waals surface area (Å²) >= 11 is 1.47. The van der Waals surface area contributed by atoms with Gasteiger partial charge in [0.15, 0.2) is 5.75 Å². The maximum Gasteiger partial charge on any atom is 0.412 e. The molecule has 4 aromatic rings. The first-order valence-corrected chi connectivity index (χ1v) is 8.94. The number of hydrogen-bond acceptors (Lipinski definition) is 5. The summed E-state index contributed by atoms with van der Waals surface area (Å²) < 4.78 is 5.45. The summed E-state index contributed by atoms with van der Waals surface area (Å²) in [6, 6.07) is 15.3. The molecule has 1 aromatic carbocycles. The number of aromatic amines is 1. The Morgan fingerprint density at radius 3 is 2.92 bits per heavy atom. The second-order valence-corrected chi connectivity index (χ2v) is 6.48. The smallest absolute Gasteiger partial charge is 0.407 e. The number of ether oxygens (including phenoxy) is 1. The number of nitrogens with zero attached hydrogens (tertiary/aromatic N) is 1. The Bertz CT molecular complexity index is 1030. The number of carbonyl (C=O) groups is 1. The highest BCUT2D eigenvalue weighted by atomic mass is 32.1. The minimum absolute atomic E-state index is 0.418. The fourth-order valence-electron chi connectivity index (χ4n) is 2.57. The number of hydrogen-bond donors (Lipinski definition) is 3. The number of anilines is 2. The molecule has 26 heavy (non-hydrogen) atoms. The average molecular weight is 364 g/mol. The lowest BCUT2D eigenvalue weighted by Crippen LogP contribution is -2.26. The average Bonchev–Trinajstić information content (AvgIpc) is 3.31. The number of carbonyl (C=O) groups excluding carboxylic acids is 1. The molecule has 7 heteroatoms. The van der Waals surface area contributed by atoms with Gasteiger partial charge in [-0.3, -0.25) is 0 Å². The zero-order valence-electron chi connectivity index (χ0n) is 13.7. The van der Waals surface area contributed by atoms with Gasteiger partial charge in [0.25, 0.3) is 0 Å². The van der Waals surface area contributed by atoms with E-state index in [0.29, 0.717) is 12.3 Å². The van der Waals surface area contributed by atoms with Gasteiger partial charge in [0, 0.05) is 24.3 Å². The van der Waals surface area contributed by atoms with Crippen LogP contribution in [0.25, 0.3) is 11.0 Å². The summed E-state index contributed by atoms with van der Waals surface area (Å²) in [5, 5.41) is 9.67. The van der Waals surface area contributed by atoms with Crippen molar-refractivity contribution in [3.05, 3.63) is 71.9 Å². The van der Waals surface area contributed by atoms with Gasteiger partial charge in [-0.15, -0.1) is 11.3 Å². The Morgan fingerprint density at radius 2 is 2.04 bits per heavy atom. The number of rotatable bonds is 5. The Kier molecular flexibility index (Phi) is 4.53. The quantitative estimate of drug-likeness (QED) is 0.481. The van der Waals surface area contributed by atoms with E-state index in [1.165, 1.54) is 11.3 Å². The van der Waals surface area contributed by atoms with Gasteiger partial charge < -0.3 is 20.4 Å². The van der Waals surface area contributed by atoms with E-state index in [0.717, 1.165) is 27.3 Å². The molecule has 0 spiro atoms. The van der Waals surface area contributed by atoms with Crippen LogP contribution in [0.4, 0.5) is 15.5 Å². The Labute approximate surface area is 153 Å². The molecule has 1 amide bonds. The molecule has 0 bridgehead atoms. The summed E-state index contributed by atoms with van der Waals surface area (Å²) in [5.74, 6) is 0.487. The first kappa shape index (κ1) is 16.2. The molecule has 0 aliphatic rings. The molecule has 0 unspecified atom stereocenters. The zero-order valence-corrected chi connectivity index (χ0v) is 14.5. The Morgan fingerprint density at radius 1 is 1.15 bits per heavy atom. The standard InChI is InChI=1S/C19H16N4O2S/c24-19(22-12-13-4-2-1-3-5-13)25-16-8-11-26-18(16)23-15-7-10-21-17-14(15)6-9-20-17/h1-11H,12H2,(H,22,24)(H2,20,21,23). The Hall–Kier alpha value is -3.32. The maximum absolute atomic E-state index is 12.1. The van der Waals surface area contributed by atoms with Crippen molar-refractivity contribution >= 4 is 39.2 Å². The van der Waals surface area contributed by atoms with Gasteiger partial charge >= 0.3 is 6.09 Å². The van der Waals surface area contributed by atoms with Crippen molar-refractivity contribution in [1.29, 1.82) is 0 Å². The molecule has 0 aliphatic carbocycles. The molecular formula is C19H16N4O2S. The fourth-order valence-corrected chi connectivity index (χ4v) is 3.29. The molecule has 3 aromatic heterocycles. The molecule has 0 saturated carbocycles. The van der Waals surface area contributed by atoms with E-state index in [9.17, 15) is 4.79 Å². The fraction of sp³-hybridized carbons (Fsp3) is 0.0526. The van der Waals surface area contributed by atoms with Crippen molar-refractivity contribution in [2.24, 2.45) is 0 Å². The van der Waals surface area contributed by atoms with Crippen LogP contribution >= 0.6 is 11.3 Å². The van der Waals surface area contributed by atoms with Gasteiger partial charge in [0.05, 0.1) is 5.69 Å². The maximum atomic E-state index is 12.1. The van der Waals surface area contributed by atoms with Crippen LogP contribution < -0.4 is 15.4 Å². The third-order valence-electron chi connectivity index (χ3n) is 3.82. The molecule has 0 radical (unpaired) electrons. The molecule has 3 N–H and O–H groups in total. The van der Waals surface area contributed by atoms with Crippen LogP contribution in [0.2, 0.25) is 0 Å². The predicted molar refractivity (Wildman–Crippen MR) is 103 cm³/mol. The first-order valence-electron chi connectivity index (χ1n) is 8.06. The number of pyridine rings is 1. The minimum Gasteiger partial charge on any atom is -0.407 e. The topological polar surface area (TPSA) is 79.0 Å². The van der Waals surface area contributed by atoms with Crippen LogP contribution in [0.3, 0.4) is 0 Å². The normalized spacial score (nSPS) is 10.6. The lowest BCUT2D eigenvalue weighted by Gasteiger charge is -2.10. The second kappa shape index (κ2) is 7.28. The van der Waals surface area contributed by atoms with E-state index in [1.807, 2.05) is 54.0 Å². The second-order valence-electron chi connectivity index (χ2n) is 5.57. The van der Waals surface area contributed by atoms with Gasteiger partial charge in [0.2, 0.25) is 0 Å². The summed E-state index contributed by atoms with van der Waals surface area (Å²) in [6.07, 6.45) is 3.07. The summed E-state index contributed by atoms with van der Waals surface area (Å²) in [5.41, 5.74) is 2.71. The van der Waals surface area contributed by atoms with E-state index >= 15 is 0 Å². The van der Waals surface area contributed by atoms with Crippen LogP contribution in [-0.4, -0.2) is 16.1 Å². The molecule has 0 saturated heterocycles. The SMILES string of the molecule is O=C(NCc1ccccc1)Oc1ccsc1Nc1ccnc2[nH]ccc12. The van der Waals surface area contributed by atoms with Gasteiger partial charge in [-0.05, 0) is 29.1 Å².